The lowest BCUT2D eigenvalue weighted by atomic mass is 9.90. The lowest BCUT2D eigenvalue weighted by Gasteiger charge is -2.42. The fourth-order valence-corrected chi connectivity index (χ4v) is 1.99. The van der Waals surface area contributed by atoms with Crippen LogP contribution in [-0.4, -0.2) is 18.9 Å². The predicted octanol–water partition coefficient (Wildman–Crippen LogP) is 2.73. The van der Waals surface area contributed by atoms with E-state index in [-0.39, 0.29) is 17.0 Å². The molecule has 0 saturated carbocycles. The highest BCUT2D eigenvalue weighted by Gasteiger charge is 2.35. The highest BCUT2D eigenvalue weighted by Crippen LogP contribution is 2.26. The van der Waals surface area contributed by atoms with E-state index in [0.29, 0.717) is 0 Å². The minimum atomic E-state index is -0.340. The van der Waals surface area contributed by atoms with Crippen molar-refractivity contribution < 1.29 is 9.13 Å². The van der Waals surface area contributed by atoms with Crippen molar-refractivity contribution in [1.29, 1.82) is 0 Å². The van der Waals surface area contributed by atoms with Gasteiger partial charge in [0.25, 0.3) is 0 Å². The van der Waals surface area contributed by atoms with Crippen LogP contribution in [0.3, 0.4) is 0 Å². The van der Waals surface area contributed by atoms with Crippen LogP contribution >= 0.6 is 0 Å². The standard InChI is InChI=1S/C14H20FNO/c1-13(2)9-16-14(3,17-10-13)8-11-4-6-12(15)7-5-11/h4-7,16H,8-10H2,1-3H3. The Morgan fingerprint density at radius 1 is 1.24 bits per heavy atom. The van der Waals surface area contributed by atoms with Gasteiger partial charge in [-0.1, -0.05) is 26.0 Å². The van der Waals surface area contributed by atoms with Gasteiger partial charge >= 0.3 is 0 Å². The van der Waals surface area contributed by atoms with E-state index >= 15 is 0 Å². The predicted molar refractivity (Wildman–Crippen MR) is 66.2 cm³/mol. The lowest BCUT2D eigenvalue weighted by Crippen LogP contribution is -2.56. The van der Waals surface area contributed by atoms with Crippen molar-refractivity contribution in [3.8, 4) is 0 Å². The monoisotopic (exact) mass is 237 g/mol. The van der Waals surface area contributed by atoms with Gasteiger partial charge in [-0.25, -0.2) is 4.39 Å². The minimum Gasteiger partial charge on any atom is -0.360 e. The summed E-state index contributed by atoms with van der Waals surface area (Å²) >= 11 is 0. The molecule has 0 amide bonds. The minimum absolute atomic E-state index is 0.183. The summed E-state index contributed by atoms with van der Waals surface area (Å²) < 4.78 is 18.7. The van der Waals surface area contributed by atoms with Crippen molar-refractivity contribution >= 4 is 0 Å². The fraction of sp³-hybridized carbons (Fsp3) is 0.571. The summed E-state index contributed by atoms with van der Waals surface area (Å²) in [6, 6.07) is 6.60. The van der Waals surface area contributed by atoms with Crippen LogP contribution in [0.1, 0.15) is 26.3 Å². The average Bonchev–Trinajstić information content (AvgIpc) is 2.27. The van der Waals surface area contributed by atoms with Gasteiger partial charge in [0.1, 0.15) is 11.5 Å². The largest absolute Gasteiger partial charge is 0.360 e. The second-order valence-corrected chi connectivity index (χ2v) is 5.84. The number of hydrogen-bond donors (Lipinski definition) is 1. The first-order chi connectivity index (χ1) is 7.89. The molecular formula is C14H20FNO. The zero-order valence-electron chi connectivity index (χ0n) is 10.7. The number of rotatable bonds is 2. The van der Waals surface area contributed by atoms with E-state index < -0.39 is 0 Å². The number of nitrogens with one attached hydrogen (secondary N) is 1. The Kier molecular flexibility index (Phi) is 3.23. The zero-order valence-corrected chi connectivity index (χ0v) is 10.7. The van der Waals surface area contributed by atoms with Crippen LogP contribution in [0.4, 0.5) is 4.39 Å². The van der Waals surface area contributed by atoms with Crippen molar-refractivity contribution in [1.82, 2.24) is 5.32 Å². The first kappa shape index (κ1) is 12.5. The molecule has 1 unspecified atom stereocenters. The van der Waals surface area contributed by atoms with Crippen molar-refractivity contribution in [3.63, 3.8) is 0 Å². The quantitative estimate of drug-likeness (QED) is 0.854. The van der Waals surface area contributed by atoms with E-state index in [1.807, 2.05) is 19.1 Å². The topological polar surface area (TPSA) is 21.3 Å². The van der Waals surface area contributed by atoms with Crippen molar-refractivity contribution in [2.24, 2.45) is 5.41 Å². The van der Waals surface area contributed by atoms with Crippen LogP contribution in [-0.2, 0) is 11.2 Å². The van der Waals surface area contributed by atoms with E-state index in [2.05, 4.69) is 19.2 Å². The Morgan fingerprint density at radius 2 is 1.88 bits per heavy atom. The molecule has 1 atom stereocenters. The van der Waals surface area contributed by atoms with Gasteiger partial charge in [-0.2, -0.15) is 0 Å². The SMILES string of the molecule is CC1(C)CNC(C)(Cc2ccc(F)cc2)OC1. The molecule has 1 aromatic rings. The second kappa shape index (κ2) is 4.39. The smallest absolute Gasteiger partial charge is 0.123 e. The van der Waals surface area contributed by atoms with Gasteiger partial charge in [-0.05, 0) is 24.6 Å². The molecule has 3 heteroatoms. The van der Waals surface area contributed by atoms with Gasteiger partial charge < -0.3 is 4.74 Å². The van der Waals surface area contributed by atoms with Gasteiger partial charge in [0.2, 0.25) is 0 Å². The molecule has 2 rings (SSSR count). The van der Waals surface area contributed by atoms with Gasteiger partial charge in [-0.3, -0.25) is 5.32 Å². The molecule has 1 fully saturated rings. The van der Waals surface area contributed by atoms with E-state index in [4.69, 9.17) is 4.74 Å². The van der Waals surface area contributed by atoms with Crippen LogP contribution in [0, 0.1) is 11.2 Å². The zero-order chi connectivity index (χ0) is 12.5. The van der Waals surface area contributed by atoms with E-state index in [9.17, 15) is 4.39 Å². The normalized spacial score (nSPS) is 28.0. The third-order valence-corrected chi connectivity index (χ3v) is 3.18. The number of ether oxygens (including phenoxy) is 1. The van der Waals surface area contributed by atoms with E-state index in [1.165, 1.54) is 12.1 Å². The first-order valence-corrected chi connectivity index (χ1v) is 6.02. The summed E-state index contributed by atoms with van der Waals surface area (Å²) in [5.74, 6) is -0.197. The molecule has 0 aliphatic carbocycles. The van der Waals surface area contributed by atoms with Gasteiger partial charge in [0, 0.05) is 18.4 Å². The van der Waals surface area contributed by atoms with Gasteiger partial charge in [-0.15, -0.1) is 0 Å². The molecule has 0 spiro atoms. The lowest BCUT2D eigenvalue weighted by molar-refractivity contribution is -0.125. The molecule has 1 N–H and O–H groups in total. The highest BCUT2D eigenvalue weighted by molar-refractivity contribution is 5.18. The molecule has 0 aromatic heterocycles. The summed E-state index contributed by atoms with van der Waals surface area (Å²) in [5, 5.41) is 3.43. The molecule has 94 valence electrons. The van der Waals surface area contributed by atoms with Crippen LogP contribution < -0.4 is 5.32 Å². The molecule has 0 radical (unpaired) electrons. The van der Waals surface area contributed by atoms with Gasteiger partial charge in [0.15, 0.2) is 0 Å². The second-order valence-electron chi connectivity index (χ2n) is 5.84. The maximum absolute atomic E-state index is 12.8. The number of benzene rings is 1. The molecule has 2 nitrogen and oxygen atoms in total. The van der Waals surface area contributed by atoms with Crippen molar-refractivity contribution in [2.45, 2.75) is 32.9 Å². The molecule has 1 aliphatic rings. The van der Waals surface area contributed by atoms with Crippen LogP contribution in [0.15, 0.2) is 24.3 Å². The molecule has 1 heterocycles. The van der Waals surface area contributed by atoms with Crippen LogP contribution in [0.5, 0.6) is 0 Å². The third kappa shape index (κ3) is 3.27. The molecular weight excluding hydrogens is 217 g/mol. The number of halogens is 1. The third-order valence-electron chi connectivity index (χ3n) is 3.18. The molecule has 0 bridgehead atoms. The maximum atomic E-state index is 12.8. The Balaban J connectivity index is 2.01. The fourth-order valence-electron chi connectivity index (χ4n) is 1.99. The molecule has 1 saturated heterocycles. The van der Waals surface area contributed by atoms with Crippen LogP contribution in [0.25, 0.3) is 0 Å². The Hall–Kier alpha value is -0.930. The van der Waals surface area contributed by atoms with E-state index in [0.717, 1.165) is 25.1 Å². The van der Waals surface area contributed by atoms with Gasteiger partial charge in [0.05, 0.1) is 6.61 Å². The van der Waals surface area contributed by atoms with Crippen molar-refractivity contribution in [3.05, 3.63) is 35.6 Å². The molecule has 1 aliphatic heterocycles. The molecule has 1 aromatic carbocycles. The summed E-state index contributed by atoms with van der Waals surface area (Å²) in [6.07, 6.45) is 0.753. The number of hydrogen-bond acceptors (Lipinski definition) is 2. The summed E-state index contributed by atoms with van der Waals surface area (Å²) in [4.78, 5) is 0. The Labute approximate surface area is 102 Å². The summed E-state index contributed by atoms with van der Waals surface area (Å²) in [7, 11) is 0. The average molecular weight is 237 g/mol. The highest BCUT2D eigenvalue weighted by atomic mass is 19.1. The Bertz CT molecular complexity index is 376. The molecule has 17 heavy (non-hydrogen) atoms. The first-order valence-electron chi connectivity index (χ1n) is 6.02. The van der Waals surface area contributed by atoms with E-state index in [1.54, 1.807) is 0 Å². The Morgan fingerprint density at radius 3 is 2.41 bits per heavy atom. The van der Waals surface area contributed by atoms with Crippen molar-refractivity contribution in [2.75, 3.05) is 13.2 Å². The maximum Gasteiger partial charge on any atom is 0.123 e. The summed E-state index contributed by atoms with van der Waals surface area (Å²) in [6.45, 7) is 8.09. The van der Waals surface area contributed by atoms with Crippen LogP contribution in [0.2, 0.25) is 0 Å². The summed E-state index contributed by atoms with van der Waals surface area (Å²) in [5.41, 5.74) is 0.927.